The van der Waals surface area contributed by atoms with E-state index in [1.807, 2.05) is 6.07 Å². The van der Waals surface area contributed by atoms with Crippen LogP contribution < -0.4 is 0 Å². The molecule has 4 heteroatoms. The first-order valence-electron chi connectivity index (χ1n) is 5.84. The van der Waals surface area contributed by atoms with Gasteiger partial charge in [-0.05, 0) is 23.8 Å². The van der Waals surface area contributed by atoms with Crippen LogP contribution >= 0.6 is 0 Å². The summed E-state index contributed by atoms with van der Waals surface area (Å²) in [5.74, 6) is -0.499. The van der Waals surface area contributed by atoms with Crippen LogP contribution in [0, 0.1) is 0 Å². The Morgan fingerprint density at radius 1 is 1.00 bits per heavy atom. The fraction of sp³-hybridized carbons (Fsp3) is 0.200. The zero-order valence-electron chi connectivity index (χ0n) is 10.8. The molecular weight excluding hydrogens is 244 g/mol. The molecule has 0 saturated heterocycles. The lowest BCUT2D eigenvalue weighted by atomic mass is 9.98. The Morgan fingerprint density at radius 3 is 2.16 bits per heavy atom. The molecule has 0 aliphatic carbocycles. The largest absolute Gasteiger partial charge is 0.435 e. The summed E-state index contributed by atoms with van der Waals surface area (Å²) in [5.41, 5.74) is 1.02. The van der Waals surface area contributed by atoms with Crippen molar-refractivity contribution in [1.29, 1.82) is 0 Å². The lowest BCUT2D eigenvalue weighted by Gasteiger charge is -2.08. The molecule has 0 aromatic heterocycles. The van der Waals surface area contributed by atoms with Gasteiger partial charge in [0.05, 0.1) is 5.56 Å². The van der Waals surface area contributed by atoms with Gasteiger partial charge in [-0.1, -0.05) is 30.3 Å². The van der Waals surface area contributed by atoms with Gasteiger partial charge in [-0.15, -0.1) is 0 Å². The van der Waals surface area contributed by atoms with Gasteiger partial charge in [0.15, 0.2) is 12.6 Å². The highest BCUT2D eigenvalue weighted by atomic mass is 16.7. The first kappa shape index (κ1) is 13.2. The van der Waals surface area contributed by atoms with Gasteiger partial charge in [-0.25, -0.2) is 4.79 Å². The van der Waals surface area contributed by atoms with Gasteiger partial charge in [0.2, 0.25) is 0 Å². The van der Waals surface area contributed by atoms with Crippen molar-refractivity contribution in [3.8, 4) is 0 Å². The number of hydrogen-bond donors (Lipinski definition) is 0. The normalized spacial score (nSPS) is 10.4. The minimum Gasteiger partial charge on any atom is -0.435 e. The Bertz CT molecular complexity index is 631. The Morgan fingerprint density at radius 2 is 1.58 bits per heavy atom. The van der Waals surface area contributed by atoms with E-state index in [9.17, 15) is 9.59 Å². The maximum atomic E-state index is 11.9. The molecule has 2 rings (SSSR count). The van der Waals surface area contributed by atoms with Crippen LogP contribution in [0.25, 0.3) is 10.8 Å². The third-order valence-electron chi connectivity index (χ3n) is 2.83. The van der Waals surface area contributed by atoms with E-state index >= 15 is 0 Å². The molecule has 0 atom stereocenters. The van der Waals surface area contributed by atoms with Crippen molar-refractivity contribution in [1.82, 2.24) is 0 Å². The Labute approximate surface area is 110 Å². The number of Topliss-reactive ketones (excluding diaryl/α,β-unsaturated/α-hetero) is 1. The topological polar surface area (TPSA) is 52.6 Å². The molecule has 4 nitrogen and oxygen atoms in total. The second-order valence-electron chi connectivity index (χ2n) is 4.10. The average molecular weight is 258 g/mol. The fourth-order valence-electron chi connectivity index (χ4n) is 1.99. The van der Waals surface area contributed by atoms with E-state index in [4.69, 9.17) is 9.47 Å². The molecule has 0 saturated carbocycles. The monoisotopic (exact) mass is 258 g/mol. The maximum absolute atomic E-state index is 11.9. The summed E-state index contributed by atoms with van der Waals surface area (Å²) in [4.78, 5) is 23.5. The number of carbonyl (C=O) groups excluding carboxylic acids is 2. The molecule has 2 aromatic carbocycles. The van der Waals surface area contributed by atoms with E-state index in [1.165, 1.54) is 14.0 Å². The quantitative estimate of drug-likeness (QED) is 0.480. The van der Waals surface area contributed by atoms with Gasteiger partial charge in [0, 0.05) is 12.7 Å². The summed E-state index contributed by atoms with van der Waals surface area (Å²) in [7, 11) is 1.45. The molecule has 0 unspecified atom stereocenters. The molecule has 2 aromatic rings. The Hall–Kier alpha value is -2.20. The third kappa shape index (κ3) is 2.63. The Balaban J connectivity index is 2.55. The van der Waals surface area contributed by atoms with Gasteiger partial charge in [0.25, 0.3) is 0 Å². The number of esters is 1. The smallest absolute Gasteiger partial charge is 0.340 e. The second-order valence-corrected chi connectivity index (χ2v) is 4.10. The summed E-state index contributed by atoms with van der Waals surface area (Å²) in [5, 5.41) is 1.46. The van der Waals surface area contributed by atoms with E-state index in [-0.39, 0.29) is 12.6 Å². The first-order chi connectivity index (χ1) is 9.15. The molecule has 0 heterocycles. The standard InChI is InChI=1S/C15H14O4/c1-10(16)11-5-3-7-13-12(11)6-4-8-14(13)15(17)19-9-18-2/h3-8H,9H2,1-2H3. The molecule has 0 N–H and O–H groups in total. The van der Waals surface area contributed by atoms with Crippen molar-refractivity contribution in [2.45, 2.75) is 6.92 Å². The predicted molar refractivity (Wildman–Crippen MR) is 71.2 cm³/mol. The summed E-state index contributed by atoms with van der Waals surface area (Å²) >= 11 is 0. The second kappa shape index (κ2) is 5.63. The number of rotatable bonds is 4. The van der Waals surface area contributed by atoms with Gasteiger partial charge in [0.1, 0.15) is 0 Å². The van der Waals surface area contributed by atoms with Crippen LogP contribution in [0.1, 0.15) is 27.6 Å². The predicted octanol–water partition coefficient (Wildman–Crippen LogP) is 2.80. The lowest BCUT2D eigenvalue weighted by molar-refractivity contribution is -0.0123. The van der Waals surface area contributed by atoms with Crippen molar-refractivity contribution in [3.63, 3.8) is 0 Å². The molecule has 98 valence electrons. The van der Waals surface area contributed by atoms with Gasteiger partial charge < -0.3 is 9.47 Å². The first-order valence-corrected chi connectivity index (χ1v) is 5.84. The van der Waals surface area contributed by atoms with Gasteiger partial charge in [-0.2, -0.15) is 0 Å². The zero-order chi connectivity index (χ0) is 13.8. The van der Waals surface area contributed by atoms with Crippen molar-refractivity contribution >= 4 is 22.5 Å². The van der Waals surface area contributed by atoms with Crippen LogP contribution in [0.15, 0.2) is 36.4 Å². The highest BCUT2D eigenvalue weighted by Gasteiger charge is 2.13. The molecule has 0 aliphatic heterocycles. The Kier molecular flexibility index (Phi) is 3.92. The summed E-state index contributed by atoms with van der Waals surface area (Å²) in [6.45, 7) is 1.41. The number of fused-ring (bicyclic) bond motifs is 1. The summed E-state index contributed by atoms with van der Waals surface area (Å²) in [6.07, 6.45) is 0. The number of benzene rings is 2. The van der Waals surface area contributed by atoms with Crippen LogP contribution in [0.3, 0.4) is 0 Å². The van der Waals surface area contributed by atoms with Crippen molar-refractivity contribution in [2.75, 3.05) is 13.9 Å². The molecule has 0 aliphatic rings. The number of methoxy groups -OCH3 is 1. The average Bonchev–Trinajstić information content (AvgIpc) is 2.43. The van der Waals surface area contributed by atoms with Crippen molar-refractivity contribution < 1.29 is 19.1 Å². The maximum Gasteiger partial charge on any atom is 0.340 e. The van der Waals surface area contributed by atoms with E-state index in [0.717, 1.165) is 5.39 Å². The SMILES string of the molecule is COCOC(=O)c1cccc2c(C(C)=O)cccc12. The number of carbonyl (C=O) groups is 2. The number of hydrogen-bond acceptors (Lipinski definition) is 4. The minimum absolute atomic E-state index is 0.0343. The fourth-order valence-corrected chi connectivity index (χ4v) is 1.99. The molecular formula is C15H14O4. The van der Waals surface area contributed by atoms with Gasteiger partial charge in [-0.3, -0.25) is 4.79 Å². The van der Waals surface area contributed by atoms with Crippen LogP contribution in [-0.2, 0) is 9.47 Å². The summed E-state index contributed by atoms with van der Waals surface area (Å²) in [6, 6.07) is 10.5. The van der Waals surface area contributed by atoms with E-state index in [1.54, 1.807) is 30.3 Å². The third-order valence-corrected chi connectivity index (χ3v) is 2.83. The van der Waals surface area contributed by atoms with Crippen LogP contribution in [0.2, 0.25) is 0 Å². The number of ketones is 1. The molecule has 0 radical (unpaired) electrons. The molecule has 0 spiro atoms. The molecule has 0 bridgehead atoms. The van der Waals surface area contributed by atoms with Crippen molar-refractivity contribution in [2.24, 2.45) is 0 Å². The van der Waals surface area contributed by atoms with Crippen LogP contribution in [0.5, 0.6) is 0 Å². The molecule has 0 amide bonds. The zero-order valence-corrected chi connectivity index (χ0v) is 10.8. The summed E-state index contributed by atoms with van der Waals surface area (Å²) < 4.78 is 9.65. The molecule has 19 heavy (non-hydrogen) atoms. The van der Waals surface area contributed by atoms with E-state index < -0.39 is 5.97 Å². The molecule has 0 fully saturated rings. The van der Waals surface area contributed by atoms with E-state index in [0.29, 0.717) is 16.5 Å². The minimum atomic E-state index is -0.465. The van der Waals surface area contributed by atoms with Crippen LogP contribution in [0.4, 0.5) is 0 Å². The van der Waals surface area contributed by atoms with Crippen LogP contribution in [-0.4, -0.2) is 25.7 Å². The lowest BCUT2D eigenvalue weighted by Crippen LogP contribution is -2.08. The van der Waals surface area contributed by atoms with E-state index in [2.05, 4.69) is 0 Å². The van der Waals surface area contributed by atoms with Gasteiger partial charge >= 0.3 is 5.97 Å². The number of ether oxygens (including phenoxy) is 2. The highest BCUT2D eigenvalue weighted by Crippen LogP contribution is 2.23. The van der Waals surface area contributed by atoms with Crippen molar-refractivity contribution in [3.05, 3.63) is 47.5 Å². The highest BCUT2D eigenvalue weighted by molar-refractivity contribution is 6.12.